The maximum absolute atomic E-state index is 14.4. The summed E-state index contributed by atoms with van der Waals surface area (Å²) in [5, 5.41) is 0. The van der Waals surface area contributed by atoms with Crippen LogP contribution in [0.15, 0.2) is 182 Å². The Kier molecular flexibility index (Phi) is 23.4. The fourth-order valence-corrected chi connectivity index (χ4v) is 12.0. The van der Waals surface area contributed by atoms with Gasteiger partial charge in [0.15, 0.2) is 37.4 Å². The molecule has 17 heteroatoms. The Labute approximate surface area is 529 Å². The van der Waals surface area contributed by atoms with Crippen molar-refractivity contribution in [1.82, 2.24) is 4.90 Å². The average molecular weight is 1230 g/mol. The van der Waals surface area contributed by atoms with Crippen LogP contribution in [-0.2, 0) is 87.9 Å². The third-order valence-corrected chi connectivity index (χ3v) is 18.2. The number of hydrogen-bond donors (Lipinski definition) is 0. The Bertz CT molecular complexity index is 3130. The highest BCUT2D eigenvalue weighted by Gasteiger charge is 2.54. The zero-order valence-electron chi connectivity index (χ0n) is 52.7. The van der Waals surface area contributed by atoms with Gasteiger partial charge in [0, 0.05) is 24.2 Å². The van der Waals surface area contributed by atoms with Gasteiger partial charge in [-0.15, -0.1) is 0 Å². The minimum Gasteiger partial charge on any atom is -0.453 e. The third kappa shape index (κ3) is 17.2. The highest BCUT2D eigenvalue weighted by Crippen LogP contribution is 2.42. The summed E-state index contributed by atoms with van der Waals surface area (Å²) >= 11 is 0. The molecule has 4 fully saturated rings. The number of benzene rings is 6. The Morgan fingerprint density at radius 2 is 0.911 bits per heavy atom. The molecule has 0 bridgehead atoms. The Balaban J connectivity index is 0.921. The van der Waals surface area contributed by atoms with Gasteiger partial charge in [-0.1, -0.05) is 192 Å². The van der Waals surface area contributed by atoms with Crippen molar-refractivity contribution in [3.8, 4) is 0 Å². The molecule has 0 radical (unpaired) electrons. The lowest BCUT2D eigenvalue weighted by molar-refractivity contribution is -0.362. The van der Waals surface area contributed by atoms with E-state index >= 15 is 0 Å². The van der Waals surface area contributed by atoms with Gasteiger partial charge in [-0.05, 0) is 79.1 Å². The van der Waals surface area contributed by atoms with Gasteiger partial charge < -0.3 is 61.6 Å². The molecule has 0 N–H and O–H groups in total. The average Bonchev–Trinajstić information content (AvgIpc) is 0.916. The van der Waals surface area contributed by atoms with Crippen LogP contribution in [0, 0.1) is 29.6 Å². The van der Waals surface area contributed by atoms with E-state index in [1.807, 2.05) is 168 Å². The van der Waals surface area contributed by atoms with Crippen LogP contribution in [0.2, 0.25) is 0 Å². The molecule has 4 aliphatic rings. The normalized spacial score (nSPS) is 31.0. The zero-order valence-corrected chi connectivity index (χ0v) is 52.7. The second kappa shape index (κ2) is 31.9. The van der Waals surface area contributed by atoms with E-state index in [4.69, 9.17) is 61.6 Å². The summed E-state index contributed by atoms with van der Waals surface area (Å²) in [6.45, 7) is 16.8. The van der Waals surface area contributed by atoms with Crippen LogP contribution in [0.25, 0.3) is 0 Å². The molecular formula is C73H87NO16. The molecule has 0 aromatic heterocycles. The minimum absolute atomic E-state index is 0.0402. The predicted octanol–water partition coefficient (Wildman–Crippen LogP) is 12.7. The first kappa shape index (κ1) is 66.1. The first-order valence-corrected chi connectivity index (χ1v) is 31.7. The minimum atomic E-state index is -1.23. The number of nitrogens with zero attached hydrogens (tertiary/aromatic N) is 1. The second-order valence-corrected chi connectivity index (χ2v) is 24.4. The molecule has 90 heavy (non-hydrogen) atoms. The number of hydrogen-bond acceptors (Lipinski definition) is 16. The Morgan fingerprint density at radius 1 is 0.422 bits per heavy atom. The van der Waals surface area contributed by atoms with Crippen molar-refractivity contribution in [3.05, 3.63) is 215 Å². The van der Waals surface area contributed by atoms with Gasteiger partial charge in [-0.2, -0.15) is 0 Å². The molecular weight excluding hydrogens is 1150 g/mol. The number of ether oxygens (including phenoxy) is 13. The molecule has 0 aliphatic carbocycles. The van der Waals surface area contributed by atoms with Crippen LogP contribution >= 0.6 is 0 Å². The van der Waals surface area contributed by atoms with Crippen molar-refractivity contribution in [2.75, 3.05) is 13.3 Å². The van der Waals surface area contributed by atoms with Crippen LogP contribution in [0.5, 0.6) is 0 Å². The molecule has 0 saturated carbocycles. The maximum Gasteiger partial charge on any atom is 0.412 e. The largest absolute Gasteiger partial charge is 0.453 e. The smallest absolute Gasteiger partial charge is 0.412 e. The van der Waals surface area contributed by atoms with Crippen molar-refractivity contribution in [2.24, 2.45) is 29.6 Å². The number of carbonyl (C=O) groups is 3. The van der Waals surface area contributed by atoms with Gasteiger partial charge in [-0.25, -0.2) is 14.4 Å². The maximum atomic E-state index is 14.4. The van der Waals surface area contributed by atoms with Crippen LogP contribution < -0.4 is 0 Å². The zero-order chi connectivity index (χ0) is 63.1. The third-order valence-electron chi connectivity index (χ3n) is 18.2. The quantitative estimate of drug-likeness (QED) is 0.0318. The standard InChI is InChI=1S/C73H87NO16/c1-46-47(2)65(79-42-56-31-19-11-20-32-56)71(84-51(46)6)90-63-50(5)66(88-68(75)58-35-23-13-24-36-58)72(86-61(63)44-78-41-55-29-17-10-18-30-55)85-60-39-62(82-52(7)48(60)3)87-64-49(4)53(8)83-70(67(64)89-69(76)59-37-25-14-26-38-59)81-45-74(40-54-27-15-9-16-28-54)73(77)80-43-57-33-21-12-22-34-57/h9-38,46-53,60-67,70-72H,39-45H2,1-8H3/t46-,47+,48+,49+,50+,51?,52?,53?,60-,61?,62+,63+,64+,65?,66?,67?,70-,71-,72-/m1/s1. The van der Waals surface area contributed by atoms with Gasteiger partial charge in [0.25, 0.3) is 0 Å². The molecule has 4 saturated heterocycles. The summed E-state index contributed by atoms with van der Waals surface area (Å²) in [5.41, 5.74) is 4.32. The molecule has 6 aromatic rings. The van der Waals surface area contributed by atoms with Crippen LogP contribution in [0.3, 0.4) is 0 Å². The van der Waals surface area contributed by atoms with E-state index in [1.165, 1.54) is 4.90 Å². The van der Waals surface area contributed by atoms with Crippen molar-refractivity contribution in [3.63, 3.8) is 0 Å². The lowest BCUT2D eigenvalue weighted by Crippen LogP contribution is -2.62. The molecule has 4 aliphatic heterocycles. The molecule has 480 valence electrons. The summed E-state index contributed by atoms with van der Waals surface area (Å²) < 4.78 is 87.4. The van der Waals surface area contributed by atoms with Crippen molar-refractivity contribution < 1.29 is 76.0 Å². The van der Waals surface area contributed by atoms with E-state index in [2.05, 4.69) is 20.8 Å². The lowest BCUT2D eigenvalue weighted by atomic mass is 9.83. The number of carbonyl (C=O) groups excluding carboxylic acids is 3. The highest BCUT2D eigenvalue weighted by molar-refractivity contribution is 5.90. The first-order valence-electron chi connectivity index (χ1n) is 31.7. The molecule has 17 nitrogen and oxygen atoms in total. The Hall–Kier alpha value is -6.87. The van der Waals surface area contributed by atoms with E-state index in [0.717, 1.165) is 22.3 Å². The van der Waals surface area contributed by atoms with Crippen molar-refractivity contribution >= 4 is 18.0 Å². The summed E-state index contributed by atoms with van der Waals surface area (Å²) in [7, 11) is 0. The fourth-order valence-electron chi connectivity index (χ4n) is 12.0. The molecule has 19 atom stereocenters. The van der Waals surface area contributed by atoms with Gasteiger partial charge in [0.1, 0.15) is 31.6 Å². The second-order valence-electron chi connectivity index (χ2n) is 24.4. The van der Waals surface area contributed by atoms with Crippen LogP contribution in [0.4, 0.5) is 4.79 Å². The van der Waals surface area contributed by atoms with E-state index in [0.29, 0.717) is 24.3 Å². The number of esters is 2. The summed E-state index contributed by atoms with van der Waals surface area (Å²) in [6, 6.07) is 56.3. The Morgan fingerprint density at radius 3 is 1.50 bits per heavy atom. The van der Waals surface area contributed by atoms with E-state index < -0.39 is 110 Å². The topological polar surface area (TPSA) is 174 Å². The molecule has 4 heterocycles. The highest BCUT2D eigenvalue weighted by atomic mass is 16.8. The van der Waals surface area contributed by atoms with Gasteiger partial charge in [0.05, 0.1) is 68.0 Å². The van der Waals surface area contributed by atoms with E-state index in [9.17, 15) is 14.4 Å². The van der Waals surface area contributed by atoms with Gasteiger partial charge in [0.2, 0.25) is 0 Å². The summed E-state index contributed by atoms with van der Waals surface area (Å²) in [4.78, 5) is 44.0. The van der Waals surface area contributed by atoms with Gasteiger partial charge in [-0.3, -0.25) is 4.90 Å². The first-order chi connectivity index (χ1) is 43.7. The summed E-state index contributed by atoms with van der Waals surface area (Å²) in [5.74, 6) is -2.21. The molecule has 6 aromatic carbocycles. The molecule has 0 spiro atoms. The summed E-state index contributed by atoms with van der Waals surface area (Å²) in [6.07, 6.45) is -11.4. The van der Waals surface area contributed by atoms with Crippen LogP contribution in [0.1, 0.15) is 105 Å². The fraction of sp³-hybridized carbons (Fsp3) is 0.466. The lowest BCUT2D eigenvalue weighted by Gasteiger charge is -2.50. The predicted molar refractivity (Wildman–Crippen MR) is 334 cm³/mol. The van der Waals surface area contributed by atoms with Crippen molar-refractivity contribution in [2.45, 2.75) is 174 Å². The van der Waals surface area contributed by atoms with Crippen LogP contribution in [-0.4, -0.2) is 122 Å². The SMILES string of the molecule is CC1O[C@H](O[C@@H]2C(COCc3ccccc3)O[C@@H](O[C@@H]3C[C@H](O[C@@H]4C(OC(=O)c5ccccc5)[C@H](OCN(Cc5ccccc5)C(=O)OCc5ccccc5)OC(C)[C@@H]4C)OC(C)[C@@H]3C)C(OC(=O)c3ccccc3)[C@H]2C)C(OCc2ccccc2)[C@@H](C)[C@H]1C. The van der Waals surface area contributed by atoms with E-state index in [-0.39, 0.29) is 56.8 Å². The monoisotopic (exact) mass is 1230 g/mol. The molecule has 10 rings (SSSR count). The number of amides is 1. The van der Waals surface area contributed by atoms with Gasteiger partial charge >= 0.3 is 18.0 Å². The molecule has 7 unspecified atom stereocenters. The number of rotatable bonds is 24. The van der Waals surface area contributed by atoms with E-state index in [1.54, 1.807) is 48.5 Å². The molecule has 1 amide bonds. The van der Waals surface area contributed by atoms with Crippen molar-refractivity contribution in [1.29, 1.82) is 0 Å².